The van der Waals surface area contributed by atoms with Crippen LogP contribution in [-0.4, -0.2) is 39.9 Å². The molecule has 1 aliphatic rings. The van der Waals surface area contributed by atoms with E-state index in [2.05, 4.69) is 0 Å². The van der Waals surface area contributed by atoms with Gasteiger partial charge in [-0.25, -0.2) is 4.79 Å². The second-order valence-electron chi connectivity index (χ2n) is 6.25. The van der Waals surface area contributed by atoms with Crippen LogP contribution in [-0.2, 0) is 11.4 Å². The second-order valence-corrected chi connectivity index (χ2v) is 8.33. The van der Waals surface area contributed by atoms with Crippen LogP contribution in [0.25, 0.3) is 6.08 Å². The third-order valence-electron chi connectivity index (χ3n) is 4.32. The summed E-state index contributed by atoms with van der Waals surface area (Å²) in [5, 5.41) is 9.30. The van der Waals surface area contributed by atoms with E-state index in [0.717, 1.165) is 5.56 Å². The predicted molar refractivity (Wildman–Crippen MR) is 121 cm³/mol. The van der Waals surface area contributed by atoms with Crippen molar-refractivity contribution >= 4 is 57.9 Å². The Morgan fingerprint density at radius 2 is 2.00 bits per heavy atom. The van der Waals surface area contributed by atoms with Crippen LogP contribution in [0.5, 0.6) is 11.5 Å². The molecule has 0 unspecified atom stereocenters. The molecule has 0 bridgehead atoms. The molecule has 0 aromatic heterocycles. The molecule has 0 atom stereocenters. The predicted octanol–water partition coefficient (Wildman–Crippen LogP) is 4.85. The quantitative estimate of drug-likeness (QED) is 0.464. The SMILES string of the molecule is CCN1C(=O)/C(=C/c2cc(Cl)c(OCc3ccc(C(=O)O)cc3)c(OC)c2)SC1=S. The summed E-state index contributed by atoms with van der Waals surface area (Å²) < 4.78 is 11.8. The molecule has 3 rings (SSSR count). The number of carbonyl (C=O) groups excluding carboxylic acids is 1. The minimum Gasteiger partial charge on any atom is -0.493 e. The van der Waals surface area contributed by atoms with E-state index in [1.54, 1.807) is 30.3 Å². The molecule has 1 amide bonds. The van der Waals surface area contributed by atoms with Crippen LogP contribution in [0.1, 0.15) is 28.4 Å². The number of hydrogen-bond donors (Lipinski definition) is 1. The van der Waals surface area contributed by atoms with Crippen molar-refractivity contribution in [2.45, 2.75) is 13.5 Å². The van der Waals surface area contributed by atoms with Gasteiger partial charge < -0.3 is 14.6 Å². The highest BCUT2D eigenvalue weighted by atomic mass is 35.5. The van der Waals surface area contributed by atoms with Gasteiger partial charge in [-0.2, -0.15) is 0 Å². The number of hydrogen-bond acceptors (Lipinski definition) is 6. The van der Waals surface area contributed by atoms with Gasteiger partial charge in [0.2, 0.25) is 0 Å². The molecule has 6 nitrogen and oxygen atoms in total. The molecule has 1 saturated heterocycles. The Bertz CT molecular complexity index is 1040. The van der Waals surface area contributed by atoms with Gasteiger partial charge in [0.25, 0.3) is 5.91 Å². The molecular formula is C21H18ClNO5S2. The fraction of sp³-hybridized carbons (Fsp3) is 0.190. The average molecular weight is 464 g/mol. The van der Waals surface area contributed by atoms with Crippen molar-refractivity contribution < 1.29 is 24.2 Å². The number of thioether (sulfide) groups is 1. The largest absolute Gasteiger partial charge is 0.493 e. The fourth-order valence-electron chi connectivity index (χ4n) is 2.79. The maximum absolute atomic E-state index is 12.4. The van der Waals surface area contributed by atoms with Gasteiger partial charge in [-0.15, -0.1) is 0 Å². The standard InChI is InChI=1S/C21H18ClNO5S2/c1-3-23-19(24)17(30-21(23)29)10-13-8-15(22)18(16(9-13)27-2)28-11-12-4-6-14(7-5-12)20(25)26/h4-10H,3,11H2,1-2H3,(H,25,26)/b17-10-. The Balaban J connectivity index is 1.81. The Morgan fingerprint density at radius 1 is 1.30 bits per heavy atom. The third-order valence-corrected chi connectivity index (χ3v) is 5.98. The van der Waals surface area contributed by atoms with Crippen molar-refractivity contribution in [1.29, 1.82) is 0 Å². The zero-order valence-corrected chi connectivity index (χ0v) is 18.6. The molecule has 2 aromatic carbocycles. The number of carboxylic acid groups (broad SMARTS) is 1. The van der Waals surface area contributed by atoms with Gasteiger partial charge in [0.1, 0.15) is 10.9 Å². The third kappa shape index (κ3) is 4.77. The van der Waals surface area contributed by atoms with Crippen molar-refractivity contribution in [2.75, 3.05) is 13.7 Å². The molecule has 1 fully saturated rings. The molecule has 0 saturated carbocycles. The van der Waals surface area contributed by atoms with Crippen molar-refractivity contribution in [3.63, 3.8) is 0 Å². The maximum Gasteiger partial charge on any atom is 0.335 e. The van der Waals surface area contributed by atoms with Crippen LogP contribution in [0, 0.1) is 0 Å². The maximum atomic E-state index is 12.4. The lowest BCUT2D eigenvalue weighted by Gasteiger charge is -2.14. The molecule has 1 N–H and O–H groups in total. The molecule has 30 heavy (non-hydrogen) atoms. The molecule has 2 aromatic rings. The molecule has 0 radical (unpaired) electrons. The second kappa shape index (κ2) is 9.51. The van der Waals surface area contributed by atoms with Crippen LogP contribution in [0.4, 0.5) is 0 Å². The highest BCUT2D eigenvalue weighted by Gasteiger charge is 2.30. The molecule has 1 aliphatic heterocycles. The average Bonchev–Trinajstić information content (AvgIpc) is 2.99. The minimum atomic E-state index is -0.987. The molecule has 1 heterocycles. The van der Waals surface area contributed by atoms with E-state index in [1.807, 2.05) is 6.92 Å². The lowest BCUT2D eigenvalue weighted by molar-refractivity contribution is -0.121. The number of amides is 1. The van der Waals surface area contributed by atoms with Crippen LogP contribution < -0.4 is 9.47 Å². The highest BCUT2D eigenvalue weighted by molar-refractivity contribution is 8.26. The van der Waals surface area contributed by atoms with Crippen LogP contribution in [0.3, 0.4) is 0 Å². The van der Waals surface area contributed by atoms with Crippen molar-refractivity contribution in [2.24, 2.45) is 0 Å². The Morgan fingerprint density at radius 3 is 2.57 bits per heavy atom. The number of carboxylic acids is 1. The molecule has 0 spiro atoms. The molecule has 9 heteroatoms. The summed E-state index contributed by atoms with van der Waals surface area (Å²) in [4.78, 5) is 25.4. The van der Waals surface area contributed by atoms with Gasteiger partial charge in [0.05, 0.1) is 22.6 Å². The van der Waals surface area contributed by atoms with Gasteiger partial charge in [-0.1, -0.05) is 47.7 Å². The highest BCUT2D eigenvalue weighted by Crippen LogP contribution is 2.39. The van der Waals surface area contributed by atoms with Crippen LogP contribution in [0.2, 0.25) is 5.02 Å². The summed E-state index contributed by atoms with van der Waals surface area (Å²) in [6.07, 6.45) is 1.72. The number of benzene rings is 2. The normalized spacial score (nSPS) is 15.0. The zero-order chi connectivity index (χ0) is 21.8. The molecule has 0 aliphatic carbocycles. The van der Waals surface area contributed by atoms with E-state index in [9.17, 15) is 9.59 Å². The van der Waals surface area contributed by atoms with E-state index in [0.29, 0.717) is 37.9 Å². The van der Waals surface area contributed by atoms with E-state index in [1.165, 1.54) is 35.9 Å². The van der Waals surface area contributed by atoms with Gasteiger partial charge in [0.15, 0.2) is 11.5 Å². The summed E-state index contributed by atoms with van der Waals surface area (Å²) in [5.41, 5.74) is 1.67. The number of thiocarbonyl (C=S) groups is 1. The van der Waals surface area contributed by atoms with E-state index < -0.39 is 5.97 Å². The van der Waals surface area contributed by atoms with E-state index >= 15 is 0 Å². The molecule has 156 valence electrons. The minimum absolute atomic E-state index is 0.132. The summed E-state index contributed by atoms with van der Waals surface area (Å²) in [6.45, 7) is 2.58. The van der Waals surface area contributed by atoms with E-state index in [-0.39, 0.29) is 18.1 Å². The number of likely N-dealkylation sites (N-methyl/N-ethyl adjacent to an activating group) is 1. The van der Waals surface area contributed by atoms with Crippen LogP contribution in [0.15, 0.2) is 41.3 Å². The summed E-state index contributed by atoms with van der Waals surface area (Å²) in [7, 11) is 1.50. The monoisotopic (exact) mass is 463 g/mol. The topological polar surface area (TPSA) is 76.1 Å². The summed E-state index contributed by atoms with van der Waals surface area (Å²) >= 11 is 12.9. The smallest absolute Gasteiger partial charge is 0.335 e. The summed E-state index contributed by atoms with van der Waals surface area (Å²) in [6, 6.07) is 9.78. The van der Waals surface area contributed by atoms with Crippen molar-refractivity contribution in [1.82, 2.24) is 4.90 Å². The Hall–Kier alpha value is -2.55. The van der Waals surface area contributed by atoms with Crippen LogP contribution >= 0.6 is 35.6 Å². The van der Waals surface area contributed by atoms with Gasteiger partial charge in [0, 0.05) is 6.54 Å². The zero-order valence-electron chi connectivity index (χ0n) is 16.2. The van der Waals surface area contributed by atoms with Gasteiger partial charge in [-0.3, -0.25) is 9.69 Å². The number of methoxy groups -OCH3 is 1. The Kier molecular flexibility index (Phi) is 7.02. The van der Waals surface area contributed by atoms with Crippen molar-refractivity contribution in [3.05, 3.63) is 63.0 Å². The Labute approximate surface area is 188 Å². The van der Waals surface area contributed by atoms with Gasteiger partial charge in [-0.05, 0) is 48.4 Å². The van der Waals surface area contributed by atoms with Crippen molar-refractivity contribution in [3.8, 4) is 11.5 Å². The first-order valence-electron chi connectivity index (χ1n) is 8.92. The first-order chi connectivity index (χ1) is 14.3. The first-order valence-corrected chi connectivity index (χ1v) is 10.5. The van der Waals surface area contributed by atoms with E-state index in [4.69, 9.17) is 38.4 Å². The number of rotatable bonds is 7. The number of ether oxygens (including phenoxy) is 2. The number of halogens is 1. The number of aromatic carboxylic acids is 1. The fourth-order valence-corrected chi connectivity index (χ4v) is 4.44. The first kappa shape index (κ1) is 22.1. The lowest BCUT2D eigenvalue weighted by atomic mass is 10.1. The van der Waals surface area contributed by atoms with Gasteiger partial charge >= 0.3 is 5.97 Å². The number of nitrogens with zero attached hydrogens (tertiary/aromatic N) is 1. The number of carbonyl (C=O) groups is 2. The lowest BCUT2D eigenvalue weighted by Crippen LogP contribution is -2.27. The molecular weight excluding hydrogens is 446 g/mol. The summed E-state index contributed by atoms with van der Waals surface area (Å²) in [5.74, 6) is -0.340.